The van der Waals surface area contributed by atoms with E-state index in [9.17, 15) is 9.59 Å². The fourth-order valence-corrected chi connectivity index (χ4v) is 0.630. The van der Waals surface area contributed by atoms with Gasteiger partial charge in [0, 0.05) is 0 Å². The molecule has 1 atom stereocenters. The molecule has 0 aromatic heterocycles. The van der Waals surface area contributed by atoms with Crippen molar-refractivity contribution in [3.05, 3.63) is 0 Å². The zero-order valence-corrected chi connectivity index (χ0v) is 6.66. The largest absolute Gasteiger partial charge is 0.481 e. The molecule has 0 fully saturated rings. The molecule has 0 aromatic rings. The number of carbonyl (C=O) groups is 2. The minimum Gasteiger partial charge on any atom is -0.481 e. The highest BCUT2D eigenvalue weighted by molar-refractivity contribution is 5.78. The lowest BCUT2D eigenvalue weighted by molar-refractivity contribution is -0.151. The Hall–Kier alpha value is -1.06. The normalized spacial score (nSPS) is 12.2. The van der Waals surface area contributed by atoms with Gasteiger partial charge in [-0.1, -0.05) is 6.92 Å². The van der Waals surface area contributed by atoms with Crippen LogP contribution in [0.2, 0.25) is 0 Å². The summed E-state index contributed by atoms with van der Waals surface area (Å²) in [6.45, 7) is 3.51. The van der Waals surface area contributed by atoms with Crippen molar-refractivity contribution in [2.24, 2.45) is 5.92 Å². The van der Waals surface area contributed by atoms with Crippen LogP contribution in [-0.2, 0) is 14.3 Å². The number of carboxylic acids is 1. The van der Waals surface area contributed by atoms with E-state index in [-0.39, 0.29) is 6.42 Å². The predicted molar refractivity (Wildman–Crippen MR) is 38.0 cm³/mol. The molecule has 0 heterocycles. The summed E-state index contributed by atoms with van der Waals surface area (Å²) in [5, 5.41) is 8.29. The average Bonchev–Trinajstić information content (AvgIpc) is 1.86. The first-order valence-corrected chi connectivity index (χ1v) is 3.46. The standard InChI is InChI=1S/C7H12O4/c1-3-11-7(10)5(2)4-6(8)9/h5H,3-4H2,1-2H3,(H,8,9)/t5-/m1/s1. The van der Waals surface area contributed by atoms with Crippen molar-refractivity contribution in [3.8, 4) is 0 Å². The van der Waals surface area contributed by atoms with Gasteiger partial charge >= 0.3 is 11.9 Å². The summed E-state index contributed by atoms with van der Waals surface area (Å²) in [7, 11) is 0. The quantitative estimate of drug-likeness (QED) is 0.613. The molecule has 0 spiro atoms. The van der Waals surface area contributed by atoms with Gasteiger partial charge in [0.15, 0.2) is 0 Å². The number of aliphatic carboxylic acids is 1. The summed E-state index contributed by atoms with van der Waals surface area (Å²) in [6, 6.07) is 0. The van der Waals surface area contributed by atoms with Crippen LogP contribution in [0.3, 0.4) is 0 Å². The van der Waals surface area contributed by atoms with Crippen LogP contribution < -0.4 is 0 Å². The Morgan fingerprint density at radius 2 is 2.09 bits per heavy atom. The van der Waals surface area contributed by atoms with E-state index in [4.69, 9.17) is 5.11 Å². The van der Waals surface area contributed by atoms with Crippen LogP contribution in [0, 0.1) is 5.92 Å². The second-order valence-electron chi connectivity index (χ2n) is 2.25. The fourth-order valence-electron chi connectivity index (χ4n) is 0.630. The third-order valence-corrected chi connectivity index (χ3v) is 1.17. The van der Waals surface area contributed by atoms with Crippen molar-refractivity contribution in [1.29, 1.82) is 0 Å². The summed E-state index contributed by atoms with van der Waals surface area (Å²) >= 11 is 0. The molecule has 0 unspecified atom stereocenters. The Morgan fingerprint density at radius 1 is 1.55 bits per heavy atom. The second-order valence-corrected chi connectivity index (χ2v) is 2.25. The molecular weight excluding hydrogens is 148 g/mol. The molecule has 0 aromatic carbocycles. The molecule has 0 aliphatic rings. The highest BCUT2D eigenvalue weighted by Gasteiger charge is 2.16. The molecular formula is C7H12O4. The van der Waals surface area contributed by atoms with E-state index in [0.717, 1.165) is 0 Å². The Bertz CT molecular complexity index is 153. The third-order valence-electron chi connectivity index (χ3n) is 1.17. The number of carboxylic acid groups (broad SMARTS) is 1. The molecule has 4 nitrogen and oxygen atoms in total. The summed E-state index contributed by atoms with van der Waals surface area (Å²) in [5.41, 5.74) is 0. The van der Waals surface area contributed by atoms with Crippen molar-refractivity contribution in [3.63, 3.8) is 0 Å². The summed E-state index contributed by atoms with van der Waals surface area (Å²) in [4.78, 5) is 20.9. The molecule has 1 N–H and O–H groups in total. The van der Waals surface area contributed by atoms with Gasteiger partial charge < -0.3 is 9.84 Å². The van der Waals surface area contributed by atoms with Gasteiger partial charge in [-0.15, -0.1) is 0 Å². The van der Waals surface area contributed by atoms with Crippen molar-refractivity contribution in [1.82, 2.24) is 0 Å². The van der Waals surface area contributed by atoms with Gasteiger partial charge in [-0.3, -0.25) is 9.59 Å². The van der Waals surface area contributed by atoms with E-state index >= 15 is 0 Å². The van der Waals surface area contributed by atoms with Crippen LogP contribution >= 0.6 is 0 Å². The van der Waals surface area contributed by atoms with E-state index in [1.54, 1.807) is 6.92 Å². The number of rotatable bonds is 4. The van der Waals surface area contributed by atoms with Gasteiger partial charge in [0.25, 0.3) is 0 Å². The topological polar surface area (TPSA) is 63.6 Å². The lowest BCUT2D eigenvalue weighted by atomic mass is 10.1. The third kappa shape index (κ3) is 4.36. The van der Waals surface area contributed by atoms with E-state index in [1.165, 1.54) is 6.92 Å². The van der Waals surface area contributed by atoms with Crippen LogP contribution in [0.15, 0.2) is 0 Å². The highest BCUT2D eigenvalue weighted by atomic mass is 16.5. The minimum absolute atomic E-state index is 0.168. The smallest absolute Gasteiger partial charge is 0.309 e. The Morgan fingerprint density at radius 3 is 2.45 bits per heavy atom. The second kappa shape index (κ2) is 4.71. The molecule has 0 bridgehead atoms. The Labute approximate surface area is 65.2 Å². The molecule has 0 rings (SSSR count). The van der Waals surface area contributed by atoms with Gasteiger partial charge in [0.2, 0.25) is 0 Å². The summed E-state index contributed by atoms with van der Waals surface area (Å²) in [6.07, 6.45) is -0.168. The monoisotopic (exact) mass is 160 g/mol. The number of carbonyl (C=O) groups excluding carboxylic acids is 1. The molecule has 4 heteroatoms. The first-order chi connectivity index (χ1) is 5.07. The summed E-state index contributed by atoms with van der Waals surface area (Å²) < 4.78 is 4.60. The van der Waals surface area contributed by atoms with Crippen LogP contribution in [0.25, 0.3) is 0 Å². The number of hydrogen-bond acceptors (Lipinski definition) is 3. The van der Waals surface area contributed by atoms with Gasteiger partial charge in [0.1, 0.15) is 0 Å². The SMILES string of the molecule is CCOC(=O)[C@H](C)CC(=O)O. The van der Waals surface area contributed by atoms with Crippen LogP contribution in [0.4, 0.5) is 0 Å². The molecule has 64 valence electrons. The highest BCUT2D eigenvalue weighted by Crippen LogP contribution is 2.03. The van der Waals surface area contributed by atoms with E-state index < -0.39 is 17.9 Å². The lowest BCUT2D eigenvalue weighted by Crippen LogP contribution is -2.17. The number of ether oxygens (including phenoxy) is 1. The molecule has 11 heavy (non-hydrogen) atoms. The first kappa shape index (κ1) is 9.94. The Kier molecular flexibility index (Phi) is 4.26. The van der Waals surface area contributed by atoms with Crippen molar-refractivity contribution in [2.45, 2.75) is 20.3 Å². The lowest BCUT2D eigenvalue weighted by Gasteiger charge is -2.06. The summed E-state index contributed by atoms with van der Waals surface area (Å²) in [5.74, 6) is -1.98. The van der Waals surface area contributed by atoms with Gasteiger partial charge in [0.05, 0.1) is 18.9 Å². The first-order valence-electron chi connectivity index (χ1n) is 3.46. The fraction of sp³-hybridized carbons (Fsp3) is 0.714. The minimum atomic E-state index is -0.981. The molecule has 0 amide bonds. The molecule has 0 aliphatic heterocycles. The maximum absolute atomic E-state index is 10.8. The molecule has 0 saturated carbocycles. The van der Waals surface area contributed by atoms with E-state index in [1.807, 2.05) is 0 Å². The van der Waals surface area contributed by atoms with Crippen molar-refractivity contribution in [2.75, 3.05) is 6.61 Å². The Balaban J connectivity index is 3.73. The van der Waals surface area contributed by atoms with Gasteiger partial charge in [-0.05, 0) is 6.92 Å². The zero-order valence-electron chi connectivity index (χ0n) is 6.66. The van der Waals surface area contributed by atoms with Gasteiger partial charge in [-0.25, -0.2) is 0 Å². The van der Waals surface area contributed by atoms with Gasteiger partial charge in [-0.2, -0.15) is 0 Å². The zero-order chi connectivity index (χ0) is 8.85. The van der Waals surface area contributed by atoms with E-state index in [0.29, 0.717) is 6.61 Å². The van der Waals surface area contributed by atoms with Crippen LogP contribution in [0.5, 0.6) is 0 Å². The maximum atomic E-state index is 10.8. The number of hydrogen-bond donors (Lipinski definition) is 1. The molecule has 0 saturated heterocycles. The predicted octanol–water partition coefficient (Wildman–Crippen LogP) is 0.660. The van der Waals surface area contributed by atoms with Crippen molar-refractivity contribution >= 4 is 11.9 Å². The maximum Gasteiger partial charge on any atom is 0.309 e. The molecule has 0 radical (unpaired) electrons. The van der Waals surface area contributed by atoms with Crippen LogP contribution in [-0.4, -0.2) is 23.7 Å². The van der Waals surface area contributed by atoms with E-state index in [2.05, 4.69) is 4.74 Å². The number of esters is 1. The average molecular weight is 160 g/mol. The van der Waals surface area contributed by atoms with Crippen molar-refractivity contribution < 1.29 is 19.4 Å². The molecule has 0 aliphatic carbocycles. The van der Waals surface area contributed by atoms with Crippen LogP contribution in [0.1, 0.15) is 20.3 Å².